The number of sulfonamides is 1. The molecule has 0 spiro atoms. The maximum Gasteiger partial charge on any atom is 0.513 e. The molecule has 0 saturated carbocycles. The monoisotopic (exact) mass is 561 g/mol. The molecule has 1 N–H and O–H groups in total. The van der Waals surface area contributed by atoms with Crippen LogP contribution in [0.2, 0.25) is 5.02 Å². The fourth-order valence-electron chi connectivity index (χ4n) is 3.17. The number of nitrogens with one attached hydrogen (secondary N) is 1. The number of methoxy groups -OCH3 is 3. The first-order valence-electron chi connectivity index (χ1n) is 10.9. The van der Waals surface area contributed by atoms with Gasteiger partial charge in [-0.3, -0.25) is 9.10 Å². The van der Waals surface area contributed by atoms with E-state index in [1.807, 2.05) is 0 Å². The number of halogens is 1. The van der Waals surface area contributed by atoms with Crippen LogP contribution in [0.15, 0.2) is 76.7 Å². The minimum atomic E-state index is -4.14. The third kappa shape index (κ3) is 6.93. The minimum Gasteiger partial charge on any atom is -0.495 e. The van der Waals surface area contributed by atoms with Gasteiger partial charge in [0.2, 0.25) is 0 Å². The topological polar surface area (TPSA) is 133 Å². The van der Waals surface area contributed by atoms with Crippen molar-refractivity contribution < 1.29 is 37.0 Å². The van der Waals surface area contributed by atoms with Crippen molar-refractivity contribution >= 4 is 45.6 Å². The lowest BCUT2D eigenvalue weighted by atomic mass is 10.2. The Hall–Kier alpha value is -4.29. The van der Waals surface area contributed by atoms with Crippen LogP contribution < -0.4 is 23.9 Å². The molecule has 1 amide bonds. The van der Waals surface area contributed by atoms with Gasteiger partial charge in [-0.2, -0.15) is 5.10 Å². The van der Waals surface area contributed by atoms with E-state index in [1.54, 1.807) is 24.3 Å². The molecule has 0 saturated heterocycles. The van der Waals surface area contributed by atoms with E-state index in [1.165, 1.54) is 70.0 Å². The van der Waals surface area contributed by atoms with Crippen LogP contribution in [0.5, 0.6) is 17.2 Å². The highest BCUT2D eigenvalue weighted by Gasteiger charge is 2.27. The van der Waals surface area contributed by atoms with Crippen molar-refractivity contribution in [1.82, 2.24) is 5.43 Å². The number of hydrazone groups is 1. The Labute approximate surface area is 224 Å². The van der Waals surface area contributed by atoms with Gasteiger partial charge < -0.3 is 18.9 Å². The van der Waals surface area contributed by atoms with Crippen molar-refractivity contribution in [3.8, 4) is 17.2 Å². The number of nitrogens with zero attached hydrogens (tertiary/aromatic N) is 2. The van der Waals surface area contributed by atoms with E-state index in [-0.39, 0.29) is 27.1 Å². The molecule has 0 atom stereocenters. The summed E-state index contributed by atoms with van der Waals surface area (Å²) in [5.41, 5.74) is 2.96. The molecule has 0 heterocycles. The number of rotatable bonds is 10. The molecule has 3 aromatic rings. The van der Waals surface area contributed by atoms with Crippen LogP contribution in [0.25, 0.3) is 0 Å². The summed E-state index contributed by atoms with van der Waals surface area (Å²) in [6.07, 6.45) is 0.396. The summed E-state index contributed by atoms with van der Waals surface area (Å²) in [6.45, 7) is -0.591. The second-order valence-electron chi connectivity index (χ2n) is 7.40. The van der Waals surface area contributed by atoms with Crippen molar-refractivity contribution in [3.05, 3.63) is 77.3 Å². The van der Waals surface area contributed by atoms with Crippen molar-refractivity contribution in [2.24, 2.45) is 5.10 Å². The molecule has 0 aliphatic rings. The first-order chi connectivity index (χ1) is 18.2. The molecule has 0 unspecified atom stereocenters. The first kappa shape index (κ1) is 28.3. The van der Waals surface area contributed by atoms with Gasteiger partial charge in [0.1, 0.15) is 12.3 Å². The first-order valence-corrected chi connectivity index (χ1v) is 12.7. The molecule has 200 valence electrons. The van der Waals surface area contributed by atoms with Gasteiger partial charge in [0.25, 0.3) is 15.9 Å². The molecule has 13 heteroatoms. The van der Waals surface area contributed by atoms with Crippen molar-refractivity contribution in [1.29, 1.82) is 0 Å². The van der Waals surface area contributed by atoms with Crippen LogP contribution >= 0.6 is 11.6 Å². The fraction of sp³-hybridized carbons (Fsp3) is 0.160. The largest absolute Gasteiger partial charge is 0.513 e. The van der Waals surface area contributed by atoms with Crippen molar-refractivity contribution in [3.63, 3.8) is 0 Å². The Morgan fingerprint density at radius 3 is 2.26 bits per heavy atom. The van der Waals surface area contributed by atoms with Gasteiger partial charge in [0.05, 0.1) is 43.1 Å². The maximum atomic E-state index is 13.4. The van der Waals surface area contributed by atoms with Gasteiger partial charge in [-0.05, 0) is 54.1 Å². The third-order valence-electron chi connectivity index (χ3n) is 4.99. The van der Waals surface area contributed by atoms with E-state index in [0.29, 0.717) is 11.3 Å². The molecular formula is C25H24ClN3O8S. The van der Waals surface area contributed by atoms with Crippen molar-refractivity contribution in [2.45, 2.75) is 4.90 Å². The van der Waals surface area contributed by atoms with E-state index in [2.05, 4.69) is 15.3 Å². The average molecular weight is 562 g/mol. The SMILES string of the molecule is COC(=O)Oc1ccc(/C=N\NC(=O)CN(c2ccc(OC)c(Cl)c2)S(=O)(=O)c2ccccc2)cc1OC. The quantitative estimate of drug-likeness (QED) is 0.171. The fourth-order valence-corrected chi connectivity index (χ4v) is 4.86. The molecule has 3 rings (SSSR count). The lowest BCUT2D eigenvalue weighted by Gasteiger charge is -2.24. The summed E-state index contributed by atoms with van der Waals surface area (Å²) < 4.78 is 47.5. The van der Waals surface area contributed by atoms with Crippen LogP contribution in [0.1, 0.15) is 5.56 Å². The maximum absolute atomic E-state index is 13.4. The number of carbonyl (C=O) groups is 2. The second-order valence-corrected chi connectivity index (χ2v) is 9.67. The van der Waals surface area contributed by atoms with E-state index in [4.69, 9.17) is 25.8 Å². The number of carbonyl (C=O) groups excluding carboxylic acids is 2. The van der Waals surface area contributed by atoms with Gasteiger partial charge in [-0.1, -0.05) is 29.8 Å². The van der Waals surface area contributed by atoms with E-state index >= 15 is 0 Å². The third-order valence-corrected chi connectivity index (χ3v) is 7.08. The minimum absolute atomic E-state index is 0.00963. The average Bonchev–Trinajstić information content (AvgIpc) is 2.92. The second kappa shape index (κ2) is 12.8. The standard InChI is InChI=1S/C25H24ClN3O8S/c1-34-21-12-10-18(14-20(21)26)29(38(32,33)19-7-5-4-6-8-19)16-24(30)28-27-15-17-9-11-22(23(13-17)35-2)37-25(31)36-3/h4-15H,16H2,1-3H3,(H,28,30)/b27-15-. The Balaban J connectivity index is 1.81. The van der Waals surface area contributed by atoms with Crippen LogP contribution in [0, 0.1) is 0 Å². The molecule has 38 heavy (non-hydrogen) atoms. The van der Waals surface area contributed by atoms with Crippen LogP contribution in [-0.2, 0) is 19.6 Å². The highest BCUT2D eigenvalue weighted by Crippen LogP contribution is 2.32. The summed E-state index contributed by atoms with van der Waals surface area (Å²) in [5, 5.41) is 4.06. The van der Waals surface area contributed by atoms with E-state index < -0.39 is 28.6 Å². The predicted molar refractivity (Wildman–Crippen MR) is 141 cm³/mol. The smallest absolute Gasteiger partial charge is 0.495 e. The summed E-state index contributed by atoms with van der Waals surface area (Å²) in [5.74, 6) is -0.0205. The Bertz CT molecular complexity index is 1430. The Kier molecular flexibility index (Phi) is 9.52. The van der Waals surface area contributed by atoms with Crippen LogP contribution in [-0.4, -0.2) is 54.6 Å². The Morgan fingerprint density at radius 2 is 1.63 bits per heavy atom. The molecule has 3 aromatic carbocycles. The van der Waals surface area contributed by atoms with Crippen LogP contribution in [0.3, 0.4) is 0 Å². The molecule has 0 bridgehead atoms. The molecule has 0 aliphatic carbocycles. The lowest BCUT2D eigenvalue weighted by molar-refractivity contribution is -0.119. The number of hydrogen-bond donors (Lipinski definition) is 1. The van der Waals surface area contributed by atoms with Gasteiger partial charge in [-0.25, -0.2) is 18.6 Å². The molecule has 11 nitrogen and oxygen atoms in total. The summed E-state index contributed by atoms with van der Waals surface area (Å²) in [6, 6.07) is 16.6. The highest BCUT2D eigenvalue weighted by molar-refractivity contribution is 7.92. The summed E-state index contributed by atoms with van der Waals surface area (Å²) >= 11 is 6.21. The zero-order valence-corrected chi connectivity index (χ0v) is 22.2. The van der Waals surface area contributed by atoms with Gasteiger partial charge in [0, 0.05) is 0 Å². The molecule has 0 aliphatic heterocycles. The van der Waals surface area contributed by atoms with Crippen molar-refractivity contribution in [2.75, 3.05) is 32.2 Å². The molecule has 0 radical (unpaired) electrons. The lowest BCUT2D eigenvalue weighted by Crippen LogP contribution is -2.39. The van der Waals surface area contributed by atoms with E-state index in [0.717, 1.165) is 4.31 Å². The van der Waals surface area contributed by atoms with Crippen LogP contribution in [0.4, 0.5) is 10.5 Å². The molecular weight excluding hydrogens is 538 g/mol. The number of ether oxygens (including phenoxy) is 4. The number of anilines is 1. The zero-order chi connectivity index (χ0) is 27.7. The van der Waals surface area contributed by atoms with Gasteiger partial charge in [0.15, 0.2) is 11.5 Å². The number of benzene rings is 3. The molecule has 0 aromatic heterocycles. The summed E-state index contributed by atoms with van der Waals surface area (Å²) in [4.78, 5) is 24.1. The Morgan fingerprint density at radius 1 is 0.947 bits per heavy atom. The highest BCUT2D eigenvalue weighted by atomic mass is 35.5. The van der Waals surface area contributed by atoms with E-state index in [9.17, 15) is 18.0 Å². The normalized spacial score (nSPS) is 11.1. The van der Waals surface area contributed by atoms with Gasteiger partial charge in [-0.15, -0.1) is 0 Å². The predicted octanol–water partition coefficient (Wildman–Crippen LogP) is 3.85. The molecule has 0 fully saturated rings. The summed E-state index contributed by atoms with van der Waals surface area (Å²) in [7, 11) is -0.146. The van der Waals surface area contributed by atoms with Gasteiger partial charge >= 0.3 is 6.16 Å². The number of amides is 1. The zero-order valence-electron chi connectivity index (χ0n) is 20.6. The number of hydrogen-bond acceptors (Lipinski definition) is 9.